The van der Waals surface area contributed by atoms with Crippen molar-refractivity contribution in [3.05, 3.63) is 18.7 Å². The van der Waals surface area contributed by atoms with Crippen LogP contribution in [0.2, 0.25) is 0 Å². The minimum atomic E-state index is 0.710. The highest BCUT2D eigenvalue weighted by molar-refractivity contribution is 9.09. The van der Waals surface area contributed by atoms with Crippen LogP contribution in [0.5, 0.6) is 0 Å². The van der Waals surface area contributed by atoms with Crippen molar-refractivity contribution in [2.75, 3.05) is 19.6 Å². The first-order valence-corrected chi connectivity index (χ1v) is 6.49. The van der Waals surface area contributed by atoms with Crippen molar-refractivity contribution in [3.63, 3.8) is 0 Å². The lowest BCUT2D eigenvalue weighted by molar-refractivity contribution is 0.185. The summed E-state index contributed by atoms with van der Waals surface area (Å²) < 4.78 is 2.14. The van der Waals surface area contributed by atoms with Crippen LogP contribution in [0.3, 0.4) is 0 Å². The second kappa shape index (κ2) is 5.12. The Kier molecular flexibility index (Phi) is 3.81. The maximum atomic E-state index is 4.05. The number of hydrogen-bond acceptors (Lipinski definition) is 2. The van der Waals surface area contributed by atoms with Crippen molar-refractivity contribution in [2.24, 2.45) is 5.92 Å². The Morgan fingerprint density at radius 2 is 2.33 bits per heavy atom. The number of aromatic nitrogens is 2. The second-order valence-electron chi connectivity index (χ2n) is 4.38. The van der Waals surface area contributed by atoms with Crippen molar-refractivity contribution in [3.8, 4) is 0 Å². The van der Waals surface area contributed by atoms with Gasteiger partial charge in [-0.05, 0) is 18.9 Å². The molecule has 0 amide bonds. The van der Waals surface area contributed by atoms with E-state index in [1.165, 1.54) is 19.5 Å². The van der Waals surface area contributed by atoms with E-state index in [1.54, 1.807) is 0 Å². The van der Waals surface area contributed by atoms with Crippen LogP contribution in [-0.2, 0) is 6.54 Å². The van der Waals surface area contributed by atoms with Gasteiger partial charge in [0.15, 0.2) is 0 Å². The molecular weight excluding hydrogens is 254 g/mol. The summed E-state index contributed by atoms with van der Waals surface area (Å²) in [5.41, 5.74) is 0. The molecule has 2 atom stereocenters. The standard InChI is InChI=1S/C11H18BrN3/c1-10-8-14(4-2-11(10)12)6-7-15-5-3-13-9-15/h3,5,9-11H,2,4,6-8H2,1H3. The molecule has 0 spiro atoms. The Bertz CT molecular complexity index is 286. The van der Waals surface area contributed by atoms with E-state index in [-0.39, 0.29) is 0 Å². The van der Waals surface area contributed by atoms with Gasteiger partial charge in [-0.1, -0.05) is 22.9 Å². The number of halogens is 1. The molecule has 1 aromatic rings. The fourth-order valence-electron chi connectivity index (χ4n) is 2.08. The van der Waals surface area contributed by atoms with Crippen LogP contribution in [0, 0.1) is 5.92 Å². The lowest BCUT2D eigenvalue weighted by Crippen LogP contribution is -2.41. The van der Waals surface area contributed by atoms with Crippen LogP contribution in [0.25, 0.3) is 0 Å². The third kappa shape index (κ3) is 3.05. The average Bonchev–Trinajstić information content (AvgIpc) is 2.73. The van der Waals surface area contributed by atoms with Gasteiger partial charge in [0.25, 0.3) is 0 Å². The Hall–Kier alpha value is -0.350. The summed E-state index contributed by atoms with van der Waals surface area (Å²) in [5, 5.41) is 0. The molecule has 1 aliphatic rings. The van der Waals surface area contributed by atoms with Gasteiger partial charge in [0.05, 0.1) is 6.33 Å². The third-order valence-corrected chi connectivity index (χ3v) is 4.48. The van der Waals surface area contributed by atoms with Crippen LogP contribution in [0.4, 0.5) is 0 Å². The number of alkyl halides is 1. The molecule has 84 valence electrons. The van der Waals surface area contributed by atoms with Crippen LogP contribution in [0.1, 0.15) is 13.3 Å². The van der Waals surface area contributed by atoms with Crippen molar-refractivity contribution in [1.82, 2.24) is 14.5 Å². The Morgan fingerprint density at radius 3 is 3.00 bits per heavy atom. The number of rotatable bonds is 3. The van der Waals surface area contributed by atoms with Crippen molar-refractivity contribution >= 4 is 15.9 Å². The lowest BCUT2D eigenvalue weighted by atomic mass is 10.0. The maximum Gasteiger partial charge on any atom is 0.0946 e. The Labute approximate surface area is 99.6 Å². The molecule has 2 rings (SSSR count). The molecule has 1 aliphatic heterocycles. The smallest absolute Gasteiger partial charge is 0.0946 e. The minimum Gasteiger partial charge on any atom is -0.336 e. The van der Waals surface area contributed by atoms with Gasteiger partial charge in [0.2, 0.25) is 0 Å². The summed E-state index contributed by atoms with van der Waals surface area (Å²) in [5.74, 6) is 0.765. The van der Waals surface area contributed by atoms with Gasteiger partial charge in [-0.25, -0.2) is 4.98 Å². The SMILES string of the molecule is CC1CN(CCn2ccnc2)CCC1Br. The largest absolute Gasteiger partial charge is 0.336 e. The van der Waals surface area contributed by atoms with Gasteiger partial charge in [-0.15, -0.1) is 0 Å². The highest BCUT2D eigenvalue weighted by Crippen LogP contribution is 2.22. The van der Waals surface area contributed by atoms with E-state index in [9.17, 15) is 0 Å². The molecule has 15 heavy (non-hydrogen) atoms. The van der Waals surface area contributed by atoms with Crippen molar-refractivity contribution in [1.29, 1.82) is 0 Å². The molecule has 1 saturated heterocycles. The predicted molar refractivity (Wildman–Crippen MR) is 65.2 cm³/mol. The molecule has 3 nitrogen and oxygen atoms in total. The maximum absolute atomic E-state index is 4.05. The molecule has 2 heterocycles. The van der Waals surface area contributed by atoms with E-state index < -0.39 is 0 Å². The topological polar surface area (TPSA) is 21.1 Å². The monoisotopic (exact) mass is 271 g/mol. The molecule has 2 unspecified atom stereocenters. The normalized spacial score (nSPS) is 28.1. The molecule has 0 aromatic carbocycles. The number of nitrogens with zero attached hydrogens (tertiary/aromatic N) is 3. The summed E-state index contributed by atoms with van der Waals surface area (Å²) >= 11 is 3.73. The molecule has 1 fully saturated rings. The number of piperidine rings is 1. The van der Waals surface area contributed by atoms with E-state index >= 15 is 0 Å². The molecule has 0 bridgehead atoms. The summed E-state index contributed by atoms with van der Waals surface area (Å²) in [6, 6.07) is 0. The number of hydrogen-bond donors (Lipinski definition) is 0. The van der Waals surface area contributed by atoms with Crippen molar-refractivity contribution < 1.29 is 0 Å². The first-order chi connectivity index (χ1) is 7.25. The fourth-order valence-corrected chi connectivity index (χ4v) is 2.45. The average molecular weight is 272 g/mol. The zero-order chi connectivity index (χ0) is 10.7. The second-order valence-corrected chi connectivity index (χ2v) is 5.56. The van der Waals surface area contributed by atoms with Gasteiger partial charge in [-0.3, -0.25) is 0 Å². The van der Waals surface area contributed by atoms with Crippen LogP contribution in [0.15, 0.2) is 18.7 Å². The van der Waals surface area contributed by atoms with Gasteiger partial charge in [-0.2, -0.15) is 0 Å². The highest BCUT2D eigenvalue weighted by Gasteiger charge is 2.23. The van der Waals surface area contributed by atoms with Gasteiger partial charge in [0, 0.05) is 36.9 Å². The Morgan fingerprint density at radius 1 is 1.47 bits per heavy atom. The van der Waals surface area contributed by atoms with E-state index in [1.807, 2.05) is 18.7 Å². The summed E-state index contributed by atoms with van der Waals surface area (Å²) in [7, 11) is 0. The summed E-state index contributed by atoms with van der Waals surface area (Å²) in [4.78, 5) is 7.30. The first kappa shape index (κ1) is 11.1. The Balaban J connectivity index is 1.76. The zero-order valence-corrected chi connectivity index (χ0v) is 10.7. The van der Waals surface area contributed by atoms with Gasteiger partial charge in [0.1, 0.15) is 0 Å². The molecule has 0 aliphatic carbocycles. The first-order valence-electron chi connectivity index (χ1n) is 5.58. The van der Waals surface area contributed by atoms with E-state index in [4.69, 9.17) is 0 Å². The number of likely N-dealkylation sites (tertiary alicyclic amines) is 1. The van der Waals surface area contributed by atoms with Gasteiger partial charge < -0.3 is 9.47 Å². The molecular formula is C11H18BrN3. The van der Waals surface area contributed by atoms with E-state index in [0.29, 0.717) is 4.83 Å². The summed E-state index contributed by atoms with van der Waals surface area (Å²) in [6.07, 6.45) is 7.03. The number of imidazole rings is 1. The summed E-state index contributed by atoms with van der Waals surface area (Å²) in [6.45, 7) is 6.95. The highest BCUT2D eigenvalue weighted by atomic mass is 79.9. The van der Waals surface area contributed by atoms with E-state index in [0.717, 1.165) is 19.0 Å². The van der Waals surface area contributed by atoms with Crippen LogP contribution in [-0.4, -0.2) is 38.9 Å². The van der Waals surface area contributed by atoms with Crippen LogP contribution >= 0.6 is 15.9 Å². The molecule has 0 N–H and O–H groups in total. The third-order valence-electron chi connectivity index (χ3n) is 3.12. The fraction of sp³-hybridized carbons (Fsp3) is 0.727. The van der Waals surface area contributed by atoms with E-state index in [2.05, 4.69) is 37.3 Å². The predicted octanol–water partition coefficient (Wildman–Crippen LogP) is 1.99. The quantitative estimate of drug-likeness (QED) is 0.785. The molecule has 0 radical (unpaired) electrons. The van der Waals surface area contributed by atoms with Crippen LogP contribution < -0.4 is 0 Å². The molecule has 0 saturated carbocycles. The molecule has 4 heteroatoms. The lowest BCUT2D eigenvalue weighted by Gasteiger charge is -2.34. The zero-order valence-electron chi connectivity index (χ0n) is 9.14. The molecule has 1 aromatic heterocycles. The van der Waals surface area contributed by atoms with Crippen molar-refractivity contribution in [2.45, 2.75) is 24.7 Å². The minimum absolute atomic E-state index is 0.710. The van der Waals surface area contributed by atoms with Gasteiger partial charge >= 0.3 is 0 Å².